The first-order chi connectivity index (χ1) is 11.1. The lowest BCUT2D eigenvalue weighted by molar-refractivity contribution is 0.0623. The molecule has 6 nitrogen and oxygen atoms in total. The normalized spacial score (nSPS) is 19.3. The lowest BCUT2D eigenvalue weighted by atomic mass is 10.0. The Morgan fingerprint density at radius 2 is 1.88 bits per heavy atom. The highest BCUT2D eigenvalue weighted by Gasteiger charge is 2.27. The maximum Gasteiger partial charge on any atom is 0.254 e. The van der Waals surface area contributed by atoms with E-state index in [4.69, 9.17) is 5.73 Å². The second-order valence-corrected chi connectivity index (χ2v) is 8.95. The number of rotatable bonds is 4. The second kappa shape index (κ2) is 7.21. The van der Waals surface area contributed by atoms with Gasteiger partial charge >= 0.3 is 0 Å². The van der Waals surface area contributed by atoms with Crippen LogP contribution in [-0.4, -0.2) is 43.9 Å². The summed E-state index contributed by atoms with van der Waals surface area (Å²) in [5.74, 6) is -0.0853. The highest BCUT2D eigenvalue weighted by molar-refractivity contribution is 7.89. The van der Waals surface area contributed by atoms with Crippen LogP contribution in [0.4, 0.5) is 0 Å². The van der Waals surface area contributed by atoms with Gasteiger partial charge in [0.05, 0.1) is 4.90 Å². The Morgan fingerprint density at radius 1 is 1.25 bits per heavy atom. The quantitative estimate of drug-likeness (QED) is 0.862. The van der Waals surface area contributed by atoms with Gasteiger partial charge in [0, 0.05) is 30.2 Å². The van der Waals surface area contributed by atoms with Crippen molar-refractivity contribution < 1.29 is 13.2 Å². The molecule has 2 rings (SSSR count). The number of hydrogen-bond acceptors (Lipinski definition) is 4. The van der Waals surface area contributed by atoms with Gasteiger partial charge in [-0.05, 0) is 64.3 Å². The summed E-state index contributed by atoms with van der Waals surface area (Å²) in [7, 11) is -3.60. The third-order valence-corrected chi connectivity index (χ3v) is 5.79. The maximum atomic E-state index is 12.7. The van der Waals surface area contributed by atoms with Crippen LogP contribution in [0.3, 0.4) is 0 Å². The van der Waals surface area contributed by atoms with Crippen LogP contribution in [-0.2, 0) is 10.0 Å². The zero-order chi connectivity index (χ0) is 18.0. The second-order valence-electron chi connectivity index (χ2n) is 7.26. The summed E-state index contributed by atoms with van der Waals surface area (Å²) in [5, 5.41) is 0. The van der Waals surface area contributed by atoms with Crippen molar-refractivity contribution in [2.45, 2.75) is 56.5 Å². The summed E-state index contributed by atoms with van der Waals surface area (Å²) in [4.78, 5) is 14.6. The number of likely N-dealkylation sites (tertiary alicyclic amines) is 1. The van der Waals surface area contributed by atoms with E-state index in [0.717, 1.165) is 19.3 Å². The number of nitrogens with one attached hydrogen (secondary N) is 1. The third kappa shape index (κ3) is 4.55. The molecule has 1 aromatic rings. The van der Waals surface area contributed by atoms with Crippen molar-refractivity contribution in [3.05, 3.63) is 29.8 Å². The zero-order valence-electron chi connectivity index (χ0n) is 14.6. The van der Waals surface area contributed by atoms with Gasteiger partial charge in [-0.15, -0.1) is 0 Å². The first-order valence-electron chi connectivity index (χ1n) is 8.29. The highest BCUT2D eigenvalue weighted by Crippen LogP contribution is 2.20. The highest BCUT2D eigenvalue weighted by atomic mass is 32.2. The van der Waals surface area contributed by atoms with E-state index in [0.29, 0.717) is 18.7 Å². The molecule has 0 aromatic heterocycles. The molecule has 0 aliphatic carbocycles. The minimum absolute atomic E-state index is 0.0669. The molecule has 24 heavy (non-hydrogen) atoms. The number of benzene rings is 1. The largest absolute Gasteiger partial charge is 0.334 e. The monoisotopic (exact) mass is 353 g/mol. The molecule has 134 valence electrons. The Balaban J connectivity index is 2.18. The lowest BCUT2D eigenvalue weighted by Crippen LogP contribution is -2.47. The van der Waals surface area contributed by atoms with E-state index in [1.807, 2.05) is 0 Å². The fourth-order valence-corrected chi connectivity index (χ4v) is 4.34. The molecule has 1 fully saturated rings. The van der Waals surface area contributed by atoms with Crippen LogP contribution in [0, 0.1) is 0 Å². The summed E-state index contributed by atoms with van der Waals surface area (Å²) in [6.07, 6.45) is 2.98. The summed E-state index contributed by atoms with van der Waals surface area (Å²) in [6.45, 7) is 6.50. The van der Waals surface area contributed by atoms with Crippen LogP contribution in [0.1, 0.15) is 50.4 Å². The van der Waals surface area contributed by atoms with Gasteiger partial charge < -0.3 is 10.6 Å². The SMILES string of the molecule is CC(C)(C)NS(=O)(=O)c1ccc(C(=O)N2CCCCC2CN)cc1. The summed E-state index contributed by atoms with van der Waals surface area (Å²) < 4.78 is 27.2. The van der Waals surface area contributed by atoms with Crippen LogP contribution < -0.4 is 10.5 Å². The Labute approximate surface area is 144 Å². The molecular formula is C17H27N3O3S. The first-order valence-corrected chi connectivity index (χ1v) is 9.77. The van der Waals surface area contributed by atoms with Crippen molar-refractivity contribution in [1.82, 2.24) is 9.62 Å². The molecule has 0 bridgehead atoms. The van der Waals surface area contributed by atoms with E-state index in [2.05, 4.69) is 4.72 Å². The van der Waals surface area contributed by atoms with Crippen LogP contribution >= 0.6 is 0 Å². The van der Waals surface area contributed by atoms with Gasteiger partial charge in [-0.1, -0.05) is 0 Å². The van der Waals surface area contributed by atoms with Gasteiger partial charge in [0.25, 0.3) is 5.91 Å². The van der Waals surface area contributed by atoms with E-state index >= 15 is 0 Å². The lowest BCUT2D eigenvalue weighted by Gasteiger charge is -2.35. The van der Waals surface area contributed by atoms with Crippen molar-refractivity contribution in [3.8, 4) is 0 Å². The molecule has 1 unspecified atom stereocenters. The standard InChI is InChI=1S/C17H27N3O3S/c1-17(2,3)19-24(22,23)15-9-7-13(8-10-15)16(21)20-11-5-4-6-14(20)12-18/h7-10,14,19H,4-6,11-12,18H2,1-3H3. The Kier molecular flexibility index (Phi) is 5.67. The molecule has 7 heteroatoms. The molecule has 1 atom stereocenters. The van der Waals surface area contributed by atoms with Crippen molar-refractivity contribution in [2.24, 2.45) is 5.73 Å². The predicted molar refractivity (Wildman–Crippen MR) is 94.2 cm³/mol. The topological polar surface area (TPSA) is 92.5 Å². The summed E-state index contributed by atoms with van der Waals surface area (Å²) >= 11 is 0. The molecule has 1 aliphatic heterocycles. The minimum atomic E-state index is -3.60. The van der Waals surface area contributed by atoms with E-state index in [1.54, 1.807) is 37.8 Å². The van der Waals surface area contributed by atoms with E-state index in [9.17, 15) is 13.2 Å². The first kappa shape index (κ1) is 18.9. The Bertz CT molecular complexity index is 678. The van der Waals surface area contributed by atoms with Gasteiger partial charge in [0.1, 0.15) is 0 Å². The Hall–Kier alpha value is -1.44. The number of carbonyl (C=O) groups is 1. The van der Waals surface area contributed by atoms with Crippen LogP contribution in [0.2, 0.25) is 0 Å². The van der Waals surface area contributed by atoms with Crippen LogP contribution in [0.5, 0.6) is 0 Å². The summed E-state index contributed by atoms with van der Waals surface area (Å²) in [6, 6.07) is 6.16. The van der Waals surface area contributed by atoms with Gasteiger partial charge in [0.15, 0.2) is 0 Å². The average Bonchev–Trinajstić information content (AvgIpc) is 2.52. The maximum absolute atomic E-state index is 12.7. The minimum Gasteiger partial charge on any atom is -0.334 e. The van der Waals surface area contributed by atoms with Crippen molar-refractivity contribution in [3.63, 3.8) is 0 Å². The Morgan fingerprint density at radius 3 is 2.42 bits per heavy atom. The number of sulfonamides is 1. The number of carbonyl (C=O) groups excluding carboxylic acids is 1. The van der Waals surface area contributed by atoms with Gasteiger partial charge in [0.2, 0.25) is 10.0 Å². The molecule has 0 radical (unpaired) electrons. The van der Waals surface area contributed by atoms with Crippen molar-refractivity contribution in [2.75, 3.05) is 13.1 Å². The van der Waals surface area contributed by atoms with E-state index < -0.39 is 15.6 Å². The van der Waals surface area contributed by atoms with Crippen molar-refractivity contribution >= 4 is 15.9 Å². The molecule has 1 amide bonds. The average molecular weight is 353 g/mol. The fraction of sp³-hybridized carbons (Fsp3) is 0.588. The van der Waals surface area contributed by atoms with Crippen molar-refractivity contribution in [1.29, 1.82) is 0 Å². The smallest absolute Gasteiger partial charge is 0.254 e. The summed E-state index contributed by atoms with van der Waals surface area (Å²) in [5.41, 5.74) is 5.70. The molecule has 1 heterocycles. The molecular weight excluding hydrogens is 326 g/mol. The fourth-order valence-electron chi connectivity index (χ4n) is 2.92. The van der Waals surface area contributed by atoms with Gasteiger partial charge in [-0.3, -0.25) is 4.79 Å². The number of hydrogen-bond donors (Lipinski definition) is 2. The molecule has 0 spiro atoms. The van der Waals surface area contributed by atoms with E-state index in [1.165, 1.54) is 12.1 Å². The third-order valence-electron chi connectivity index (χ3n) is 4.01. The van der Waals surface area contributed by atoms with Crippen LogP contribution in [0.25, 0.3) is 0 Å². The molecule has 1 aromatic carbocycles. The zero-order valence-corrected chi connectivity index (χ0v) is 15.4. The number of nitrogens with zero attached hydrogens (tertiary/aromatic N) is 1. The molecule has 1 aliphatic rings. The van der Waals surface area contributed by atoms with E-state index in [-0.39, 0.29) is 16.8 Å². The van der Waals surface area contributed by atoms with Gasteiger partial charge in [-0.2, -0.15) is 0 Å². The molecule has 3 N–H and O–H groups in total. The molecule has 1 saturated heterocycles. The van der Waals surface area contributed by atoms with Gasteiger partial charge in [-0.25, -0.2) is 13.1 Å². The molecule has 0 saturated carbocycles. The number of amides is 1. The number of nitrogens with two attached hydrogens (primary N) is 1. The van der Waals surface area contributed by atoms with Crippen LogP contribution in [0.15, 0.2) is 29.2 Å². The predicted octanol–water partition coefficient (Wildman–Crippen LogP) is 1.72. The number of piperidine rings is 1.